The molecule has 88 valence electrons. The average molecular weight is 236 g/mol. The van der Waals surface area contributed by atoms with Gasteiger partial charge in [0.05, 0.1) is 13.2 Å². The van der Waals surface area contributed by atoms with Gasteiger partial charge in [0.2, 0.25) is 5.88 Å². The van der Waals surface area contributed by atoms with Gasteiger partial charge in [-0.1, -0.05) is 0 Å². The summed E-state index contributed by atoms with van der Waals surface area (Å²) in [6.07, 6.45) is 0. The predicted octanol–water partition coefficient (Wildman–Crippen LogP) is 1.29. The molecule has 17 heavy (non-hydrogen) atoms. The third-order valence-electron chi connectivity index (χ3n) is 2.15. The zero-order valence-corrected chi connectivity index (χ0v) is 8.90. The summed E-state index contributed by atoms with van der Waals surface area (Å²) in [7, 11) is 1.33. The zero-order valence-electron chi connectivity index (χ0n) is 8.90. The SMILES string of the molecule is COc1cc(-c2nc(O)cc(=O)[nH]2)ccc1F. The van der Waals surface area contributed by atoms with E-state index in [1.807, 2.05) is 0 Å². The largest absolute Gasteiger partial charge is 0.494 e. The molecule has 0 fully saturated rings. The van der Waals surface area contributed by atoms with E-state index in [1.54, 1.807) is 0 Å². The van der Waals surface area contributed by atoms with Gasteiger partial charge in [-0.3, -0.25) is 4.79 Å². The van der Waals surface area contributed by atoms with Crippen LogP contribution in [0.15, 0.2) is 29.1 Å². The standard InChI is InChI=1S/C11H9FN2O3/c1-17-8-4-6(2-3-7(8)12)11-13-9(15)5-10(16)14-11/h2-5H,1H3,(H2,13,14,15,16). The molecule has 6 heteroatoms. The summed E-state index contributed by atoms with van der Waals surface area (Å²) in [5.41, 5.74) is -0.0490. The minimum Gasteiger partial charge on any atom is -0.494 e. The van der Waals surface area contributed by atoms with Gasteiger partial charge in [0.25, 0.3) is 5.56 Å². The number of rotatable bonds is 2. The van der Waals surface area contributed by atoms with Crippen LogP contribution in [-0.2, 0) is 0 Å². The van der Waals surface area contributed by atoms with E-state index in [0.29, 0.717) is 5.56 Å². The summed E-state index contributed by atoms with van der Waals surface area (Å²) in [6.45, 7) is 0. The molecule has 2 aromatic rings. The Morgan fingerprint density at radius 1 is 1.41 bits per heavy atom. The van der Waals surface area contributed by atoms with Gasteiger partial charge < -0.3 is 14.8 Å². The van der Waals surface area contributed by atoms with E-state index in [-0.39, 0.29) is 11.6 Å². The highest BCUT2D eigenvalue weighted by Gasteiger charge is 2.08. The van der Waals surface area contributed by atoms with Gasteiger partial charge in [0.1, 0.15) is 5.82 Å². The quantitative estimate of drug-likeness (QED) is 0.823. The van der Waals surface area contributed by atoms with E-state index in [9.17, 15) is 14.3 Å². The highest BCUT2D eigenvalue weighted by molar-refractivity contribution is 5.57. The average Bonchev–Trinajstić information content (AvgIpc) is 2.28. The molecule has 0 aliphatic heterocycles. The van der Waals surface area contributed by atoms with Crippen molar-refractivity contribution in [1.82, 2.24) is 9.97 Å². The molecule has 0 atom stereocenters. The topological polar surface area (TPSA) is 75.2 Å². The number of H-pyrrole nitrogens is 1. The van der Waals surface area contributed by atoms with Crippen molar-refractivity contribution in [1.29, 1.82) is 0 Å². The van der Waals surface area contributed by atoms with Crippen LogP contribution in [0.5, 0.6) is 11.6 Å². The van der Waals surface area contributed by atoms with Crippen molar-refractivity contribution in [2.24, 2.45) is 0 Å². The molecule has 0 aliphatic rings. The van der Waals surface area contributed by atoms with Crippen molar-refractivity contribution >= 4 is 0 Å². The predicted molar refractivity (Wildman–Crippen MR) is 58.5 cm³/mol. The molecule has 2 rings (SSSR count). The lowest BCUT2D eigenvalue weighted by Crippen LogP contribution is -2.06. The monoisotopic (exact) mass is 236 g/mol. The van der Waals surface area contributed by atoms with Crippen LogP contribution in [0.25, 0.3) is 11.4 Å². The first kappa shape index (κ1) is 11.1. The Hall–Kier alpha value is -2.37. The van der Waals surface area contributed by atoms with Gasteiger partial charge >= 0.3 is 0 Å². The number of aromatic amines is 1. The Kier molecular flexibility index (Phi) is 2.78. The number of hydrogen-bond donors (Lipinski definition) is 2. The van der Waals surface area contributed by atoms with Crippen molar-refractivity contribution in [3.63, 3.8) is 0 Å². The van der Waals surface area contributed by atoms with Crippen molar-refractivity contribution in [3.8, 4) is 23.0 Å². The van der Waals surface area contributed by atoms with Gasteiger partial charge in [-0.25, -0.2) is 4.39 Å². The summed E-state index contributed by atoms with van der Waals surface area (Å²) in [5.74, 6) is -0.729. The summed E-state index contributed by atoms with van der Waals surface area (Å²) in [6, 6.07) is 4.95. The van der Waals surface area contributed by atoms with Gasteiger partial charge in [-0.15, -0.1) is 0 Å². The number of hydrogen-bond acceptors (Lipinski definition) is 4. The molecule has 0 amide bonds. The molecule has 1 aromatic carbocycles. The third-order valence-corrected chi connectivity index (χ3v) is 2.15. The van der Waals surface area contributed by atoms with E-state index in [4.69, 9.17) is 4.74 Å². The first-order valence-corrected chi connectivity index (χ1v) is 4.74. The van der Waals surface area contributed by atoms with E-state index in [1.165, 1.54) is 25.3 Å². The van der Waals surface area contributed by atoms with Crippen LogP contribution in [0, 0.1) is 5.82 Å². The highest BCUT2D eigenvalue weighted by Crippen LogP contribution is 2.24. The highest BCUT2D eigenvalue weighted by atomic mass is 19.1. The van der Waals surface area contributed by atoms with Crippen LogP contribution in [0.4, 0.5) is 4.39 Å². The number of halogens is 1. The van der Waals surface area contributed by atoms with E-state index in [2.05, 4.69) is 9.97 Å². The molecule has 1 aromatic heterocycles. The molecule has 0 unspecified atom stereocenters. The Balaban J connectivity index is 2.56. The molecule has 0 radical (unpaired) electrons. The fourth-order valence-electron chi connectivity index (χ4n) is 1.39. The lowest BCUT2D eigenvalue weighted by molar-refractivity contribution is 0.386. The number of nitrogens with zero attached hydrogens (tertiary/aromatic N) is 1. The first-order chi connectivity index (χ1) is 8.10. The van der Waals surface area contributed by atoms with Crippen LogP contribution in [0.2, 0.25) is 0 Å². The van der Waals surface area contributed by atoms with Gasteiger partial charge in [-0.05, 0) is 18.2 Å². The molecule has 0 saturated heterocycles. The van der Waals surface area contributed by atoms with Crippen molar-refractivity contribution in [3.05, 3.63) is 40.4 Å². The molecule has 0 spiro atoms. The molecule has 0 saturated carbocycles. The summed E-state index contributed by atoms with van der Waals surface area (Å²) in [4.78, 5) is 17.3. The van der Waals surface area contributed by atoms with Gasteiger partial charge in [0, 0.05) is 5.56 Å². The van der Waals surface area contributed by atoms with Crippen LogP contribution < -0.4 is 10.3 Å². The number of aromatic nitrogens is 2. The molecule has 5 nitrogen and oxygen atoms in total. The lowest BCUT2D eigenvalue weighted by Gasteiger charge is -2.05. The van der Waals surface area contributed by atoms with Crippen molar-refractivity contribution in [2.45, 2.75) is 0 Å². The maximum atomic E-state index is 13.2. The molecule has 2 N–H and O–H groups in total. The lowest BCUT2D eigenvalue weighted by atomic mass is 10.2. The second-order valence-electron chi connectivity index (χ2n) is 3.30. The molecular formula is C11H9FN2O3. The minimum absolute atomic E-state index is 0.0356. The molecule has 0 bridgehead atoms. The normalized spacial score (nSPS) is 10.2. The van der Waals surface area contributed by atoms with Crippen LogP contribution in [-0.4, -0.2) is 22.2 Å². The maximum absolute atomic E-state index is 13.2. The second kappa shape index (κ2) is 4.25. The number of aromatic hydroxyl groups is 1. The molecule has 1 heterocycles. The number of benzene rings is 1. The fourth-order valence-corrected chi connectivity index (χ4v) is 1.39. The molecule has 0 aliphatic carbocycles. The van der Waals surface area contributed by atoms with Crippen molar-refractivity contribution in [2.75, 3.05) is 7.11 Å². The van der Waals surface area contributed by atoms with E-state index < -0.39 is 17.3 Å². The number of nitrogens with one attached hydrogen (secondary N) is 1. The van der Waals surface area contributed by atoms with Crippen LogP contribution in [0.3, 0.4) is 0 Å². The van der Waals surface area contributed by atoms with E-state index in [0.717, 1.165) is 6.07 Å². The smallest absolute Gasteiger partial charge is 0.254 e. The minimum atomic E-state index is -0.515. The first-order valence-electron chi connectivity index (χ1n) is 4.74. The Labute approximate surface area is 95.5 Å². The summed E-state index contributed by atoms with van der Waals surface area (Å²) >= 11 is 0. The van der Waals surface area contributed by atoms with Crippen LogP contribution >= 0.6 is 0 Å². The fraction of sp³-hybridized carbons (Fsp3) is 0.0909. The zero-order chi connectivity index (χ0) is 12.4. The summed E-state index contributed by atoms with van der Waals surface area (Å²) < 4.78 is 18.0. The van der Waals surface area contributed by atoms with Crippen molar-refractivity contribution < 1.29 is 14.2 Å². The third kappa shape index (κ3) is 2.25. The van der Waals surface area contributed by atoms with Crippen LogP contribution in [0.1, 0.15) is 0 Å². The van der Waals surface area contributed by atoms with Gasteiger partial charge in [-0.2, -0.15) is 4.98 Å². The Morgan fingerprint density at radius 2 is 2.18 bits per heavy atom. The Bertz CT molecular complexity index is 610. The second-order valence-corrected chi connectivity index (χ2v) is 3.30. The summed E-state index contributed by atoms with van der Waals surface area (Å²) in [5, 5.41) is 9.20. The molecular weight excluding hydrogens is 227 g/mol. The number of ether oxygens (including phenoxy) is 1. The van der Waals surface area contributed by atoms with Gasteiger partial charge in [0.15, 0.2) is 11.6 Å². The number of methoxy groups -OCH3 is 1. The van der Waals surface area contributed by atoms with E-state index >= 15 is 0 Å². The Morgan fingerprint density at radius 3 is 2.82 bits per heavy atom. The maximum Gasteiger partial charge on any atom is 0.254 e.